The average molecular weight is 450 g/mol. The van der Waals surface area contributed by atoms with E-state index in [1.807, 2.05) is 0 Å². The Morgan fingerprint density at radius 1 is 0.688 bits per heavy atom. The van der Waals surface area contributed by atoms with E-state index in [1.54, 1.807) is 0 Å². The molecule has 0 saturated heterocycles. The predicted octanol–water partition coefficient (Wildman–Crippen LogP) is 6.53. The Morgan fingerprint density at radius 3 is 1.47 bits per heavy atom. The van der Waals surface area contributed by atoms with E-state index in [2.05, 4.69) is 19.2 Å². The van der Waals surface area contributed by atoms with Gasteiger partial charge in [-0.15, -0.1) is 0 Å². The Hall–Kier alpha value is -2.57. The molecular formula is C25H39NO6. The maximum Gasteiger partial charge on any atom is 0.337 e. The molecule has 0 saturated carbocycles. The van der Waals surface area contributed by atoms with Gasteiger partial charge in [0.05, 0.1) is 16.7 Å². The Bertz CT molecular complexity index is 709. The van der Waals surface area contributed by atoms with Crippen molar-refractivity contribution < 1.29 is 29.7 Å². The van der Waals surface area contributed by atoms with Gasteiger partial charge in [-0.05, 0) is 24.5 Å². The molecular weight excluding hydrogens is 410 g/mol. The molecule has 0 aliphatic heterocycles. The van der Waals surface area contributed by atoms with Gasteiger partial charge in [0.25, 0.3) is 0 Å². The first-order chi connectivity index (χ1) is 15.2. The maximum absolute atomic E-state index is 11.4. The second kappa shape index (κ2) is 15.3. The molecule has 0 spiro atoms. The number of carboxylic acids is 3. The number of benzene rings is 1. The Kier molecular flexibility index (Phi) is 13.1. The zero-order valence-electron chi connectivity index (χ0n) is 19.5. The third-order valence-electron chi connectivity index (χ3n) is 5.60. The summed E-state index contributed by atoms with van der Waals surface area (Å²) in [4.78, 5) is 34.1. The summed E-state index contributed by atoms with van der Waals surface area (Å²) in [5, 5.41) is 30.8. The molecule has 0 unspecified atom stereocenters. The summed E-state index contributed by atoms with van der Waals surface area (Å²) in [6, 6.07) is 2.36. The number of carboxylic acid groups (broad SMARTS) is 3. The van der Waals surface area contributed by atoms with Gasteiger partial charge in [0.15, 0.2) is 0 Å². The molecule has 7 nitrogen and oxygen atoms in total. The first-order valence-electron chi connectivity index (χ1n) is 11.9. The second-order valence-corrected chi connectivity index (χ2v) is 8.86. The molecule has 0 aromatic heterocycles. The van der Waals surface area contributed by atoms with Gasteiger partial charge in [0, 0.05) is 12.2 Å². The summed E-state index contributed by atoms with van der Waals surface area (Å²) in [6.45, 7) is 5.12. The average Bonchev–Trinajstić information content (AvgIpc) is 2.72. The molecule has 0 bridgehead atoms. The van der Waals surface area contributed by atoms with Crippen LogP contribution in [0.2, 0.25) is 0 Å². The molecule has 1 aromatic rings. The lowest BCUT2D eigenvalue weighted by Gasteiger charge is -2.12. The maximum atomic E-state index is 11.4. The summed E-state index contributed by atoms with van der Waals surface area (Å²) in [7, 11) is 0. The highest BCUT2D eigenvalue weighted by molar-refractivity contribution is 6.10. The number of anilines is 1. The number of nitrogens with one attached hydrogen (secondary N) is 1. The number of hydrogen-bond donors (Lipinski definition) is 4. The number of rotatable bonds is 18. The van der Waals surface area contributed by atoms with Crippen LogP contribution in [0.1, 0.15) is 122 Å². The SMILES string of the molecule is CC(C)CCCCCCCCCCCCCNc1cc(C(=O)O)c(C(=O)O)c(C(=O)O)c1. The fraction of sp³-hybridized carbons (Fsp3) is 0.640. The lowest BCUT2D eigenvalue weighted by Crippen LogP contribution is -2.16. The normalized spacial score (nSPS) is 11.0. The molecule has 0 radical (unpaired) electrons. The third kappa shape index (κ3) is 10.6. The van der Waals surface area contributed by atoms with Crippen molar-refractivity contribution >= 4 is 23.6 Å². The smallest absolute Gasteiger partial charge is 0.337 e. The van der Waals surface area contributed by atoms with E-state index in [1.165, 1.54) is 69.9 Å². The van der Waals surface area contributed by atoms with E-state index in [9.17, 15) is 29.7 Å². The quantitative estimate of drug-likeness (QED) is 0.188. The van der Waals surface area contributed by atoms with Crippen LogP contribution < -0.4 is 5.32 Å². The summed E-state index contributed by atoms with van der Waals surface area (Å²) < 4.78 is 0. The predicted molar refractivity (Wildman–Crippen MR) is 126 cm³/mol. The van der Waals surface area contributed by atoms with Gasteiger partial charge in [-0.2, -0.15) is 0 Å². The lowest BCUT2D eigenvalue weighted by molar-refractivity contribution is 0.0633. The Balaban J connectivity index is 2.25. The van der Waals surface area contributed by atoms with Crippen molar-refractivity contribution in [3.63, 3.8) is 0 Å². The molecule has 1 rings (SSSR count). The lowest BCUT2D eigenvalue weighted by atomic mass is 9.99. The molecule has 32 heavy (non-hydrogen) atoms. The molecule has 7 heteroatoms. The van der Waals surface area contributed by atoms with Crippen molar-refractivity contribution in [3.05, 3.63) is 28.8 Å². The summed E-state index contributed by atoms with van der Waals surface area (Å²) in [6.07, 6.45) is 14.8. The zero-order valence-corrected chi connectivity index (χ0v) is 19.5. The highest BCUT2D eigenvalue weighted by Crippen LogP contribution is 2.22. The monoisotopic (exact) mass is 449 g/mol. The third-order valence-corrected chi connectivity index (χ3v) is 5.60. The van der Waals surface area contributed by atoms with Crippen LogP contribution in [0.3, 0.4) is 0 Å². The largest absolute Gasteiger partial charge is 0.478 e. The van der Waals surface area contributed by atoms with Crippen LogP contribution >= 0.6 is 0 Å². The van der Waals surface area contributed by atoms with Gasteiger partial charge >= 0.3 is 17.9 Å². The van der Waals surface area contributed by atoms with Gasteiger partial charge in [0.1, 0.15) is 0 Å². The topological polar surface area (TPSA) is 124 Å². The fourth-order valence-electron chi connectivity index (χ4n) is 3.81. The molecule has 4 N–H and O–H groups in total. The minimum atomic E-state index is -1.57. The minimum absolute atomic E-state index is 0.304. The minimum Gasteiger partial charge on any atom is -0.478 e. The van der Waals surface area contributed by atoms with Crippen LogP contribution in [-0.2, 0) is 0 Å². The van der Waals surface area contributed by atoms with Crippen molar-refractivity contribution in [2.45, 2.75) is 90.9 Å². The number of carbonyl (C=O) groups is 3. The summed E-state index contributed by atoms with van der Waals surface area (Å²) >= 11 is 0. The molecule has 1 aromatic carbocycles. The second-order valence-electron chi connectivity index (χ2n) is 8.86. The first-order valence-corrected chi connectivity index (χ1v) is 11.9. The van der Waals surface area contributed by atoms with Crippen LogP contribution in [0.4, 0.5) is 5.69 Å². The van der Waals surface area contributed by atoms with Crippen LogP contribution in [0.25, 0.3) is 0 Å². The van der Waals surface area contributed by atoms with Crippen molar-refractivity contribution in [1.29, 1.82) is 0 Å². The number of hydrogen-bond acceptors (Lipinski definition) is 4. The van der Waals surface area contributed by atoms with Gasteiger partial charge in [-0.3, -0.25) is 0 Å². The fourth-order valence-corrected chi connectivity index (χ4v) is 3.81. The Morgan fingerprint density at radius 2 is 1.09 bits per heavy atom. The van der Waals surface area contributed by atoms with E-state index in [0.29, 0.717) is 12.2 Å². The van der Waals surface area contributed by atoms with Crippen LogP contribution in [0.15, 0.2) is 12.1 Å². The Labute approximate surface area is 191 Å². The van der Waals surface area contributed by atoms with Gasteiger partial charge in [-0.1, -0.05) is 84.5 Å². The van der Waals surface area contributed by atoms with Crippen molar-refractivity contribution in [3.8, 4) is 0 Å². The first kappa shape index (κ1) is 27.5. The van der Waals surface area contributed by atoms with Gasteiger partial charge < -0.3 is 20.6 Å². The van der Waals surface area contributed by atoms with Gasteiger partial charge in [0.2, 0.25) is 0 Å². The molecule has 0 aliphatic rings. The van der Waals surface area contributed by atoms with E-state index < -0.39 is 34.6 Å². The summed E-state index contributed by atoms with van der Waals surface area (Å²) in [5.41, 5.74) is -1.45. The standard InChI is InChI=1S/C25H39NO6/c1-18(2)14-12-10-8-6-4-3-5-7-9-11-13-15-26-19-16-20(23(27)28)22(25(31)32)21(17-19)24(29)30/h16-18,26H,3-15H2,1-2H3,(H,27,28)(H,29,30)(H,31,32). The highest BCUT2D eigenvalue weighted by atomic mass is 16.4. The molecule has 0 atom stereocenters. The van der Waals surface area contributed by atoms with Crippen molar-refractivity contribution in [1.82, 2.24) is 0 Å². The molecule has 0 heterocycles. The highest BCUT2D eigenvalue weighted by Gasteiger charge is 2.25. The molecule has 0 aliphatic carbocycles. The van der Waals surface area contributed by atoms with Crippen LogP contribution in [0, 0.1) is 5.92 Å². The van der Waals surface area contributed by atoms with Crippen LogP contribution in [-0.4, -0.2) is 39.8 Å². The van der Waals surface area contributed by atoms with Crippen molar-refractivity contribution in [2.75, 3.05) is 11.9 Å². The zero-order chi connectivity index (χ0) is 23.9. The molecule has 180 valence electrons. The van der Waals surface area contributed by atoms with Crippen molar-refractivity contribution in [2.24, 2.45) is 5.92 Å². The van der Waals surface area contributed by atoms with Gasteiger partial charge in [-0.25, -0.2) is 14.4 Å². The molecule has 0 amide bonds. The van der Waals surface area contributed by atoms with E-state index in [-0.39, 0.29) is 0 Å². The number of aromatic carboxylic acids is 3. The van der Waals surface area contributed by atoms with E-state index in [0.717, 1.165) is 25.2 Å². The van der Waals surface area contributed by atoms with E-state index >= 15 is 0 Å². The molecule has 0 fully saturated rings. The van der Waals surface area contributed by atoms with E-state index in [4.69, 9.17) is 0 Å². The number of unbranched alkanes of at least 4 members (excludes halogenated alkanes) is 10. The van der Waals surface area contributed by atoms with Crippen LogP contribution in [0.5, 0.6) is 0 Å². The summed E-state index contributed by atoms with van der Waals surface area (Å²) in [5.74, 6) is -3.70.